The van der Waals surface area contributed by atoms with Crippen LogP contribution in [0.3, 0.4) is 0 Å². The number of nitrogens with one attached hydrogen (secondary N) is 1. The summed E-state index contributed by atoms with van der Waals surface area (Å²) in [6, 6.07) is 0.526. The zero-order valence-electron chi connectivity index (χ0n) is 12.3. The van der Waals surface area contributed by atoms with Crippen molar-refractivity contribution in [3.63, 3.8) is 0 Å². The van der Waals surface area contributed by atoms with E-state index >= 15 is 0 Å². The van der Waals surface area contributed by atoms with Crippen molar-refractivity contribution in [2.24, 2.45) is 17.8 Å². The first kappa shape index (κ1) is 15.0. The minimum atomic E-state index is 0.361. The monoisotopic (exact) mass is 241 g/mol. The van der Waals surface area contributed by atoms with E-state index in [4.69, 9.17) is 4.74 Å². The molecule has 1 aliphatic carbocycles. The quantitative estimate of drug-likeness (QED) is 0.769. The highest BCUT2D eigenvalue weighted by molar-refractivity contribution is 4.87. The van der Waals surface area contributed by atoms with Crippen LogP contribution in [0.15, 0.2) is 0 Å². The maximum atomic E-state index is 5.98. The first-order valence-corrected chi connectivity index (χ1v) is 7.39. The predicted octanol–water partition coefficient (Wildman–Crippen LogP) is 3.46. The molecular formula is C15H31NO. The molecule has 0 aromatic rings. The van der Waals surface area contributed by atoms with Crippen molar-refractivity contribution in [3.8, 4) is 0 Å². The summed E-state index contributed by atoms with van der Waals surface area (Å²) in [5, 5.41) is 3.53. The lowest BCUT2D eigenvalue weighted by molar-refractivity contribution is -0.0173. The third-order valence-electron chi connectivity index (χ3n) is 4.19. The van der Waals surface area contributed by atoms with E-state index in [-0.39, 0.29) is 0 Å². The van der Waals surface area contributed by atoms with Gasteiger partial charge >= 0.3 is 0 Å². The van der Waals surface area contributed by atoms with Gasteiger partial charge in [-0.1, -0.05) is 33.6 Å². The average molecular weight is 241 g/mol. The summed E-state index contributed by atoms with van der Waals surface area (Å²) in [5.41, 5.74) is 0. The minimum Gasteiger partial charge on any atom is -0.377 e. The largest absolute Gasteiger partial charge is 0.377 e. The third kappa shape index (κ3) is 4.26. The van der Waals surface area contributed by atoms with Crippen LogP contribution in [0, 0.1) is 17.8 Å². The molecule has 0 radical (unpaired) electrons. The van der Waals surface area contributed by atoms with Gasteiger partial charge in [0.05, 0.1) is 6.10 Å². The molecular weight excluding hydrogens is 210 g/mol. The Balaban J connectivity index is 2.66. The lowest BCUT2D eigenvalue weighted by atomic mass is 9.75. The number of ether oxygens (including phenoxy) is 1. The van der Waals surface area contributed by atoms with Crippen molar-refractivity contribution < 1.29 is 4.74 Å². The summed E-state index contributed by atoms with van der Waals surface area (Å²) >= 11 is 0. The van der Waals surface area contributed by atoms with Gasteiger partial charge in [0.2, 0.25) is 0 Å². The van der Waals surface area contributed by atoms with Gasteiger partial charge in [-0.25, -0.2) is 0 Å². The number of likely N-dealkylation sites (N-methyl/N-ethyl adjacent to an activating group) is 1. The number of hydrogen-bond donors (Lipinski definition) is 1. The molecule has 0 amide bonds. The van der Waals surface area contributed by atoms with Gasteiger partial charge in [0.15, 0.2) is 0 Å². The highest BCUT2D eigenvalue weighted by Gasteiger charge is 2.33. The van der Waals surface area contributed by atoms with Crippen LogP contribution in [-0.4, -0.2) is 25.8 Å². The van der Waals surface area contributed by atoms with Crippen molar-refractivity contribution in [2.75, 3.05) is 13.7 Å². The van der Waals surface area contributed by atoms with Crippen LogP contribution in [0.4, 0.5) is 0 Å². The maximum Gasteiger partial charge on any atom is 0.0753 e. The van der Waals surface area contributed by atoms with E-state index in [0.29, 0.717) is 18.1 Å². The van der Waals surface area contributed by atoms with Gasteiger partial charge in [-0.3, -0.25) is 0 Å². The fraction of sp³-hybridized carbons (Fsp3) is 1.00. The van der Waals surface area contributed by atoms with Crippen molar-refractivity contribution in [1.29, 1.82) is 0 Å². The summed E-state index contributed by atoms with van der Waals surface area (Å²) < 4.78 is 5.98. The Hall–Kier alpha value is -0.0800. The van der Waals surface area contributed by atoms with Crippen molar-refractivity contribution >= 4 is 0 Å². The molecule has 0 aromatic carbocycles. The molecule has 4 atom stereocenters. The molecule has 0 aromatic heterocycles. The van der Waals surface area contributed by atoms with Crippen LogP contribution in [0.25, 0.3) is 0 Å². The Kier molecular flexibility index (Phi) is 6.50. The Labute approximate surface area is 108 Å². The third-order valence-corrected chi connectivity index (χ3v) is 4.19. The summed E-state index contributed by atoms with van der Waals surface area (Å²) in [6.07, 6.45) is 5.89. The maximum absolute atomic E-state index is 5.98. The van der Waals surface area contributed by atoms with Gasteiger partial charge in [0.25, 0.3) is 0 Å². The van der Waals surface area contributed by atoms with Crippen LogP contribution in [0.5, 0.6) is 0 Å². The predicted molar refractivity (Wildman–Crippen MR) is 74.2 cm³/mol. The van der Waals surface area contributed by atoms with Gasteiger partial charge in [0, 0.05) is 12.6 Å². The number of rotatable bonds is 6. The molecule has 0 aliphatic heterocycles. The standard InChI is InChI=1S/C15H31NO/c1-6-17-15(11(2)3)14(16-5)13-9-7-8-12(4)10-13/h11-16H,6-10H2,1-5H3. The molecule has 1 rings (SSSR count). The van der Waals surface area contributed by atoms with Crippen LogP contribution in [0.1, 0.15) is 53.4 Å². The molecule has 2 heteroatoms. The van der Waals surface area contributed by atoms with Gasteiger partial charge in [-0.2, -0.15) is 0 Å². The second kappa shape index (κ2) is 7.38. The average Bonchev–Trinajstić information content (AvgIpc) is 2.29. The molecule has 2 nitrogen and oxygen atoms in total. The van der Waals surface area contributed by atoms with Gasteiger partial charge in [-0.15, -0.1) is 0 Å². The molecule has 0 bridgehead atoms. The molecule has 1 N–H and O–H groups in total. The molecule has 0 heterocycles. The van der Waals surface area contributed by atoms with Crippen LogP contribution in [0.2, 0.25) is 0 Å². The van der Waals surface area contributed by atoms with E-state index in [2.05, 4.69) is 40.1 Å². The topological polar surface area (TPSA) is 21.3 Å². The van der Waals surface area contributed by atoms with E-state index in [1.807, 2.05) is 0 Å². The molecule has 1 saturated carbocycles. The fourth-order valence-electron chi connectivity index (χ4n) is 3.38. The van der Waals surface area contributed by atoms with Crippen molar-refractivity contribution in [3.05, 3.63) is 0 Å². The summed E-state index contributed by atoms with van der Waals surface area (Å²) in [7, 11) is 2.10. The van der Waals surface area contributed by atoms with Crippen molar-refractivity contribution in [2.45, 2.75) is 65.5 Å². The van der Waals surface area contributed by atoms with Crippen LogP contribution >= 0.6 is 0 Å². The molecule has 4 unspecified atom stereocenters. The van der Waals surface area contributed by atoms with Crippen LogP contribution < -0.4 is 5.32 Å². The lowest BCUT2D eigenvalue weighted by Crippen LogP contribution is -2.48. The first-order chi connectivity index (χ1) is 8.10. The van der Waals surface area contributed by atoms with Crippen LogP contribution in [-0.2, 0) is 4.74 Å². The highest BCUT2D eigenvalue weighted by atomic mass is 16.5. The molecule has 17 heavy (non-hydrogen) atoms. The summed E-state index contributed by atoms with van der Waals surface area (Å²) in [5.74, 6) is 2.27. The highest BCUT2D eigenvalue weighted by Crippen LogP contribution is 2.33. The van der Waals surface area contributed by atoms with E-state index < -0.39 is 0 Å². The Morgan fingerprint density at radius 2 is 2.00 bits per heavy atom. The molecule has 0 saturated heterocycles. The van der Waals surface area contributed by atoms with Crippen molar-refractivity contribution in [1.82, 2.24) is 5.32 Å². The molecule has 1 fully saturated rings. The second-order valence-corrected chi connectivity index (χ2v) is 6.01. The summed E-state index contributed by atoms with van der Waals surface area (Å²) in [6.45, 7) is 9.87. The van der Waals surface area contributed by atoms with E-state index in [0.717, 1.165) is 18.4 Å². The smallest absolute Gasteiger partial charge is 0.0753 e. The molecule has 0 spiro atoms. The molecule has 1 aliphatic rings. The SMILES string of the molecule is CCOC(C(C)C)C(NC)C1CCCC(C)C1. The fourth-order valence-corrected chi connectivity index (χ4v) is 3.38. The van der Waals surface area contributed by atoms with E-state index in [9.17, 15) is 0 Å². The normalized spacial score (nSPS) is 29.3. The summed E-state index contributed by atoms with van der Waals surface area (Å²) in [4.78, 5) is 0. The lowest BCUT2D eigenvalue weighted by Gasteiger charge is -2.39. The van der Waals surface area contributed by atoms with Gasteiger partial charge in [0.1, 0.15) is 0 Å². The Morgan fingerprint density at radius 1 is 1.29 bits per heavy atom. The zero-order valence-corrected chi connectivity index (χ0v) is 12.3. The first-order valence-electron chi connectivity index (χ1n) is 7.39. The second-order valence-electron chi connectivity index (χ2n) is 6.01. The Morgan fingerprint density at radius 3 is 2.47 bits per heavy atom. The van der Waals surface area contributed by atoms with Gasteiger partial charge in [-0.05, 0) is 44.6 Å². The molecule has 102 valence electrons. The van der Waals surface area contributed by atoms with E-state index in [1.54, 1.807) is 0 Å². The Bertz CT molecular complexity index is 205. The van der Waals surface area contributed by atoms with E-state index in [1.165, 1.54) is 25.7 Å². The minimum absolute atomic E-state index is 0.361. The zero-order chi connectivity index (χ0) is 12.8. The number of hydrogen-bond acceptors (Lipinski definition) is 2. The van der Waals surface area contributed by atoms with Gasteiger partial charge < -0.3 is 10.1 Å².